The van der Waals surface area contributed by atoms with Crippen molar-refractivity contribution in [2.75, 3.05) is 0 Å². The molecule has 14 heavy (non-hydrogen) atoms. The molecule has 0 bridgehead atoms. The number of aryl methyl sites for hydroxylation is 1. The van der Waals surface area contributed by atoms with Crippen molar-refractivity contribution >= 4 is 5.57 Å². The molecule has 2 rings (SSSR count). The van der Waals surface area contributed by atoms with Crippen LogP contribution in [0.15, 0.2) is 42.1 Å². The topological polar surface area (TPSA) is 26.0 Å². The fraction of sp³-hybridized carbons (Fsp3) is 0.231. The maximum atomic E-state index is 5.95. The van der Waals surface area contributed by atoms with Gasteiger partial charge in [-0.3, -0.25) is 0 Å². The number of rotatable bonds is 1. The first-order valence-corrected chi connectivity index (χ1v) is 5.00. The molecule has 72 valence electrons. The van der Waals surface area contributed by atoms with Crippen LogP contribution in [0.3, 0.4) is 0 Å². The van der Waals surface area contributed by atoms with Crippen molar-refractivity contribution in [3.63, 3.8) is 0 Å². The summed E-state index contributed by atoms with van der Waals surface area (Å²) >= 11 is 0. The molecule has 0 unspecified atom stereocenters. The van der Waals surface area contributed by atoms with E-state index in [1.54, 1.807) is 0 Å². The van der Waals surface area contributed by atoms with Crippen molar-refractivity contribution in [3.05, 3.63) is 53.2 Å². The van der Waals surface area contributed by atoms with E-state index in [4.69, 9.17) is 5.73 Å². The lowest BCUT2D eigenvalue weighted by Gasteiger charge is -2.13. The van der Waals surface area contributed by atoms with Crippen LogP contribution in [-0.2, 0) is 0 Å². The number of hydrogen-bond acceptors (Lipinski definition) is 1. The molecule has 0 radical (unpaired) electrons. The zero-order chi connectivity index (χ0) is 9.97. The van der Waals surface area contributed by atoms with Crippen molar-refractivity contribution in [3.8, 4) is 0 Å². The van der Waals surface area contributed by atoms with Crippen molar-refractivity contribution in [2.45, 2.75) is 19.8 Å². The second-order valence-corrected chi connectivity index (χ2v) is 3.72. The van der Waals surface area contributed by atoms with Gasteiger partial charge in [-0.05, 0) is 25.3 Å². The first-order valence-electron chi connectivity index (χ1n) is 5.00. The van der Waals surface area contributed by atoms with Gasteiger partial charge < -0.3 is 5.73 Å². The molecule has 1 heteroatoms. The molecule has 1 aliphatic carbocycles. The van der Waals surface area contributed by atoms with E-state index in [0.29, 0.717) is 0 Å². The van der Waals surface area contributed by atoms with Crippen molar-refractivity contribution in [1.82, 2.24) is 0 Å². The summed E-state index contributed by atoms with van der Waals surface area (Å²) in [6, 6.07) is 8.48. The second kappa shape index (κ2) is 3.70. The molecule has 2 N–H and O–H groups in total. The first-order chi connectivity index (χ1) is 6.77. The van der Waals surface area contributed by atoms with Gasteiger partial charge in [0.25, 0.3) is 0 Å². The number of nitrogens with two attached hydrogens (primary N) is 1. The number of allylic oxidation sites excluding steroid dienone is 3. The van der Waals surface area contributed by atoms with Gasteiger partial charge in [0.1, 0.15) is 0 Å². The average Bonchev–Trinajstić information content (AvgIpc) is 2.18. The van der Waals surface area contributed by atoms with Gasteiger partial charge >= 0.3 is 0 Å². The summed E-state index contributed by atoms with van der Waals surface area (Å²) in [7, 11) is 0. The summed E-state index contributed by atoms with van der Waals surface area (Å²) in [4.78, 5) is 0. The highest BCUT2D eigenvalue weighted by molar-refractivity contribution is 5.79. The maximum absolute atomic E-state index is 5.95. The molecular formula is C13H15N. The highest BCUT2D eigenvalue weighted by Gasteiger charge is 2.07. The van der Waals surface area contributed by atoms with Crippen LogP contribution in [0.4, 0.5) is 0 Å². The SMILES string of the molecule is Cc1cccc(C2=CCCC=C2N)c1. The summed E-state index contributed by atoms with van der Waals surface area (Å²) in [5.74, 6) is 0. The summed E-state index contributed by atoms with van der Waals surface area (Å²) in [6.07, 6.45) is 6.51. The van der Waals surface area contributed by atoms with E-state index in [-0.39, 0.29) is 0 Å². The summed E-state index contributed by atoms with van der Waals surface area (Å²) < 4.78 is 0. The Hall–Kier alpha value is -1.50. The Balaban J connectivity index is 2.40. The lowest BCUT2D eigenvalue weighted by Crippen LogP contribution is -2.03. The predicted molar refractivity (Wildman–Crippen MR) is 60.7 cm³/mol. The molecular weight excluding hydrogens is 170 g/mol. The van der Waals surface area contributed by atoms with Gasteiger partial charge in [0.15, 0.2) is 0 Å². The zero-order valence-electron chi connectivity index (χ0n) is 8.46. The molecule has 0 spiro atoms. The van der Waals surface area contributed by atoms with Crippen LogP contribution in [-0.4, -0.2) is 0 Å². The minimum atomic E-state index is 0.918. The molecule has 0 atom stereocenters. The van der Waals surface area contributed by atoms with E-state index < -0.39 is 0 Å². The normalized spacial score (nSPS) is 16.1. The summed E-state index contributed by atoms with van der Waals surface area (Å²) in [5, 5.41) is 0. The molecule has 0 saturated heterocycles. The summed E-state index contributed by atoms with van der Waals surface area (Å²) in [6.45, 7) is 2.10. The fourth-order valence-corrected chi connectivity index (χ4v) is 1.79. The monoisotopic (exact) mass is 185 g/mol. The zero-order valence-corrected chi connectivity index (χ0v) is 8.46. The largest absolute Gasteiger partial charge is 0.398 e. The molecule has 0 heterocycles. The van der Waals surface area contributed by atoms with E-state index in [0.717, 1.165) is 18.5 Å². The van der Waals surface area contributed by atoms with Crippen LogP contribution in [0.2, 0.25) is 0 Å². The molecule has 1 nitrogen and oxygen atoms in total. The van der Waals surface area contributed by atoms with Crippen LogP contribution in [0.1, 0.15) is 24.0 Å². The number of benzene rings is 1. The van der Waals surface area contributed by atoms with Crippen LogP contribution in [0.5, 0.6) is 0 Å². The van der Waals surface area contributed by atoms with Gasteiger partial charge in [0, 0.05) is 11.3 Å². The van der Waals surface area contributed by atoms with E-state index in [1.165, 1.54) is 16.7 Å². The summed E-state index contributed by atoms with van der Waals surface area (Å²) in [5.41, 5.74) is 10.6. The number of hydrogen-bond donors (Lipinski definition) is 1. The lowest BCUT2D eigenvalue weighted by atomic mass is 9.96. The Labute approximate surface area is 84.9 Å². The van der Waals surface area contributed by atoms with Crippen LogP contribution in [0.25, 0.3) is 5.57 Å². The molecule has 1 aromatic carbocycles. The average molecular weight is 185 g/mol. The van der Waals surface area contributed by atoms with Crippen LogP contribution >= 0.6 is 0 Å². The molecule has 0 saturated carbocycles. The smallest absolute Gasteiger partial charge is 0.0350 e. The van der Waals surface area contributed by atoms with Crippen molar-refractivity contribution < 1.29 is 0 Å². The highest BCUT2D eigenvalue weighted by Crippen LogP contribution is 2.25. The fourth-order valence-electron chi connectivity index (χ4n) is 1.79. The maximum Gasteiger partial charge on any atom is 0.0350 e. The highest BCUT2D eigenvalue weighted by atomic mass is 14.6. The third kappa shape index (κ3) is 1.72. The van der Waals surface area contributed by atoms with E-state index in [2.05, 4.69) is 43.3 Å². The molecule has 0 aliphatic heterocycles. The van der Waals surface area contributed by atoms with Crippen molar-refractivity contribution in [1.29, 1.82) is 0 Å². The Morgan fingerprint density at radius 1 is 1.14 bits per heavy atom. The third-order valence-electron chi connectivity index (χ3n) is 2.52. The van der Waals surface area contributed by atoms with Gasteiger partial charge in [0.05, 0.1) is 0 Å². The van der Waals surface area contributed by atoms with Gasteiger partial charge in [-0.1, -0.05) is 42.0 Å². The Morgan fingerprint density at radius 2 is 1.93 bits per heavy atom. The molecule has 1 aliphatic rings. The quantitative estimate of drug-likeness (QED) is 0.715. The third-order valence-corrected chi connectivity index (χ3v) is 2.52. The molecule has 0 fully saturated rings. The standard InChI is InChI=1S/C13H15N/c1-10-5-4-6-11(9-10)12-7-2-3-8-13(12)14/h4-9H,2-3,14H2,1H3. The van der Waals surface area contributed by atoms with Crippen LogP contribution in [0, 0.1) is 6.92 Å². The van der Waals surface area contributed by atoms with E-state index in [9.17, 15) is 0 Å². The minimum Gasteiger partial charge on any atom is -0.398 e. The van der Waals surface area contributed by atoms with Crippen molar-refractivity contribution in [2.24, 2.45) is 5.73 Å². The lowest BCUT2D eigenvalue weighted by molar-refractivity contribution is 1.02. The molecule has 0 amide bonds. The van der Waals surface area contributed by atoms with Gasteiger partial charge in [-0.2, -0.15) is 0 Å². The van der Waals surface area contributed by atoms with E-state index in [1.807, 2.05) is 0 Å². The predicted octanol–water partition coefficient (Wildman–Crippen LogP) is 3.01. The Kier molecular flexibility index (Phi) is 2.40. The molecule has 0 aromatic heterocycles. The van der Waals surface area contributed by atoms with Gasteiger partial charge in [0.2, 0.25) is 0 Å². The second-order valence-electron chi connectivity index (χ2n) is 3.72. The van der Waals surface area contributed by atoms with Crippen LogP contribution < -0.4 is 5.73 Å². The molecule has 1 aromatic rings. The van der Waals surface area contributed by atoms with Gasteiger partial charge in [-0.15, -0.1) is 0 Å². The Bertz CT molecular complexity index is 399. The first kappa shape index (κ1) is 9.07. The minimum absolute atomic E-state index is 0.918. The Morgan fingerprint density at radius 3 is 2.64 bits per heavy atom. The van der Waals surface area contributed by atoms with Gasteiger partial charge in [-0.25, -0.2) is 0 Å². The van der Waals surface area contributed by atoms with E-state index >= 15 is 0 Å².